The molecule has 1 amide bonds. The van der Waals surface area contributed by atoms with Gasteiger partial charge in [-0.25, -0.2) is 0 Å². The molecule has 7 nitrogen and oxygen atoms in total. The number of thiazole rings is 1. The molecule has 0 radical (unpaired) electrons. The number of morpholine rings is 1. The number of carbonyl (C=O) groups is 1. The van der Waals surface area contributed by atoms with Crippen LogP contribution in [0.2, 0.25) is 0 Å². The number of hydrogen-bond donors (Lipinski definition) is 0. The molecule has 4 rings (SSSR count). The summed E-state index contributed by atoms with van der Waals surface area (Å²) in [6, 6.07) is 14.7. The Bertz CT molecular complexity index is 1270. The van der Waals surface area contributed by atoms with Gasteiger partial charge in [-0.15, -0.1) is 11.3 Å². The molecule has 1 aliphatic rings. The van der Waals surface area contributed by atoms with Crippen LogP contribution in [0.5, 0.6) is 0 Å². The molecular formula is C22H18N4O3S. The normalized spacial score (nSPS) is 15.6. The summed E-state index contributed by atoms with van der Waals surface area (Å²) in [5, 5.41) is 9.85. The molecule has 0 aliphatic carbocycles. The Kier molecular flexibility index (Phi) is 5.84. The number of nitriles is 1. The number of aromatic nitrogens is 2. The molecular weight excluding hydrogens is 400 g/mol. The zero-order valence-corrected chi connectivity index (χ0v) is 16.8. The molecule has 2 aromatic heterocycles. The monoisotopic (exact) mass is 418 g/mol. The van der Waals surface area contributed by atoms with Crippen LogP contribution in [-0.4, -0.2) is 46.7 Å². The molecule has 1 aliphatic heterocycles. The first-order valence-electron chi connectivity index (χ1n) is 9.39. The van der Waals surface area contributed by atoms with Gasteiger partial charge in [-0.1, -0.05) is 24.3 Å². The Balaban J connectivity index is 1.98. The van der Waals surface area contributed by atoms with E-state index in [1.54, 1.807) is 41.6 Å². The third-order valence-electron chi connectivity index (χ3n) is 4.66. The van der Waals surface area contributed by atoms with E-state index in [2.05, 4.69) is 4.98 Å². The number of pyridine rings is 1. The van der Waals surface area contributed by atoms with Gasteiger partial charge in [0.25, 0.3) is 11.5 Å². The number of amides is 1. The van der Waals surface area contributed by atoms with E-state index in [0.29, 0.717) is 41.2 Å². The molecule has 0 bridgehead atoms. The van der Waals surface area contributed by atoms with Crippen molar-refractivity contribution in [3.8, 4) is 11.8 Å². The van der Waals surface area contributed by atoms with Crippen molar-refractivity contribution in [3.63, 3.8) is 0 Å². The van der Waals surface area contributed by atoms with Gasteiger partial charge in [0.15, 0.2) is 5.57 Å². The third-order valence-corrected chi connectivity index (χ3v) is 5.75. The largest absolute Gasteiger partial charge is 0.378 e. The van der Waals surface area contributed by atoms with Gasteiger partial charge >= 0.3 is 0 Å². The van der Waals surface area contributed by atoms with Gasteiger partial charge in [0.05, 0.1) is 23.4 Å². The minimum Gasteiger partial charge on any atom is -0.378 e. The smallest absolute Gasteiger partial charge is 0.273 e. The van der Waals surface area contributed by atoms with Gasteiger partial charge in [0.1, 0.15) is 10.7 Å². The van der Waals surface area contributed by atoms with Crippen LogP contribution >= 0.6 is 11.3 Å². The fraction of sp³-hybridized carbons (Fsp3) is 0.182. The fourth-order valence-electron chi connectivity index (χ4n) is 3.19. The molecule has 0 saturated carbocycles. The predicted octanol–water partition coefficient (Wildman–Crippen LogP) is 0.656. The summed E-state index contributed by atoms with van der Waals surface area (Å²) in [5.41, 5.74) is 1.03. The van der Waals surface area contributed by atoms with E-state index in [4.69, 9.17) is 4.74 Å². The van der Waals surface area contributed by atoms with Crippen molar-refractivity contribution >= 4 is 28.9 Å². The number of benzene rings is 1. The van der Waals surface area contributed by atoms with Gasteiger partial charge in [0, 0.05) is 25.5 Å². The summed E-state index contributed by atoms with van der Waals surface area (Å²) in [7, 11) is 0. The maximum atomic E-state index is 13.3. The van der Waals surface area contributed by atoms with Crippen LogP contribution in [0, 0.1) is 11.3 Å². The number of rotatable bonds is 3. The topological polar surface area (TPSA) is 88.2 Å². The lowest BCUT2D eigenvalue weighted by molar-refractivity contribution is -0.128. The SMILES string of the molecule is N#C/C(C(=O)N1CCOCC1)=c1/s/c(=C/c2cccnc2)c(=O)n1-c1ccccc1. The van der Waals surface area contributed by atoms with E-state index in [1.807, 2.05) is 30.3 Å². The predicted molar refractivity (Wildman–Crippen MR) is 113 cm³/mol. The van der Waals surface area contributed by atoms with Crippen LogP contribution in [-0.2, 0) is 9.53 Å². The van der Waals surface area contributed by atoms with Gasteiger partial charge in [-0.3, -0.25) is 19.1 Å². The highest BCUT2D eigenvalue weighted by atomic mass is 32.1. The van der Waals surface area contributed by atoms with E-state index in [0.717, 1.165) is 16.9 Å². The van der Waals surface area contributed by atoms with Gasteiger partial charge in [0.2, 0.25) is 0 Å². The lowest BCUT2D eigenvalue weighted by Gasteiger charge is -2.26. The van der Waals surface area contributed by atoms with Crippen molar-refractivity contribution in [2.24, 2.45) is 0 Å². The molecule has 1 saturated heterocycles. The van der Waals surface area contributed by atoms with Crippen molar-refractivity contribution in [1.82, 2.24) is 14.5 Å². The van der Waals surface area contributed by atoms with Crippen LogP contribution in [0.4, 0.5) is 0 Å². The second-order valence-corrected chi connectivity index (χ2v) is 7.60. The van der Waals surface area contributed by atoms with Crippen LogP contribution in [0.15, 0.2) is 59.7 Å². The van der Waals surface area contributed by atoms with Gasteiger partial charge in [-0.2, -0.15) is 5.26 Å². The summed E-state index contributed by atoms with van der Waals surface area (Å²) in [6.45, 7) is 1.69. The lowest BCUT2D eigenvalue weighted by atomic mass is 10.2. The standard InChI is InChI=1S/C22H18N4O3S/c23-14-18(20(27)25-9-11-29-12-10-25)22-26(17-6-2-1-3-7-17)21(28)19(30-22)13-16-5-4-8-24-15-16/h1-8,13,15H,9-12H2/b19-13+,22-18-. The minimum absolute atomic E-state index is 0.0475. The first kappa shape index (κ1) is 19.8. The van der Waals surface area contributed by atoms with E-state index >= 15 is 0 Å². The number of ether oxygens (including phenoxy) is 1. The molecule has 0 unspecified atom stereocenters. The van der Waals surface area contributed by atoms with Gasteiger partial charge in [-0.05, 0) is 29.8 Å². The molecule has 1 fully saturated rings. The summed E-state index contributed by atoms with van der Waals surface area (Å²) in [5.74, 6) is -0.389. The zero-order valence-electron chi connectivity index (χ0n) is 16.0. The highest BCUT2D eigenvalue weighted by Crippen LogP contribution is 2.07. The first-order chi connectivity index (χ1) is 14.7. The van der Waals surface area contributed by atoms with Crippen molar-refractivity contribution < 1.29 is 9.53 Å². The third kappa shape index (κ3) is 3.94. The van der Waals surface area contributed by atoms with Crippen molar-refractivity contribution in [1.29, 1.82) is 5.26 Å². The average molecular weight is 418 g/mol. The molecule has 3 aromatic rings. The fourth-order valence-corrected chi connectivity index (χ4v) is 4.28. The van der Waals surface area contributed by atoms with E-state index < -0.39 is 0 Å². The molecule has 30 heavy (non-hydrogen) atoms. The highest BCUT2D eigenvalue weighted by Gasteiger charge is 2.23. The second kappa shape index (κ2) is 8.86. The Morgan fingerprint density at radius 2 is 1.93 bits per heavy atom. The number of carbonyl (C=O) groups excluding carboxylic acids is 1. The van der Waals surface area contributed by atoms with Crippen molar-refractivity contribution in [2.45, 2.75) is 0 Å². The Morgan fingerprint density at radius 1 is 1.17 bits per heavy atom. The maximum Gasteiger partial charge on any atom is 0.273 e. The second-order valence-electron chi connectivity index (χ2n) is 6.57. The summed E-state index contributed by atoms with van der Waals surface area (Å²) in [6.07, 6.45) is 5.03. The number of hydrogen-bond acceptors (Lipinski definition) is 6. The van der Waals surface area contributed by atoms with E-state index in [9.17, 15) is 14.9 Å². The molecule has 0 spiro atoms. The summed E-state index contributed by atoms with van der Waals surface area (Å²) < 4.78 is 7.48. The number of para-hydroxylation sites is 1. The lowest BCUT2D eigenvalue weighted by Crippen LogP contribution is -2.42. The van der Waals surface area contributed by atoms with Crippen molar-refractivity contribution in [3.05, 3.63) is 80.0 Å². The molecule has 1 aromatic carbocycles. The molecule has 3 heterocycles. The zero-order chi connectivity index (χ0) is 20.9. The van der Waals surface area contributed by atoms with Gasteiger partial charge < -0.3 is 9.64 Å². The van der Waals surface area contributed by atoms with E-state index in [1.165, 1.54) is 4.57 Å². The number of nitrogens with zero attached hydrogens (tertiary/aromatic N) is 4. The average Bonchev–Trinajstić information content (AvgIpc) is 3.11. The van der Waals surface area contributed by atoms with Crippen LogP contribution < -0.4 is 14.8 Å². The molecule has 0 N–H and O–H groups in total. The van der Waals surface area contributed by atoms with Crippen LogP contribution in [0.25, 0.3) is 17.3 Å². The van der Waals surface area contributed by atoms with Crippen molar-refractivity contribution in [2.75, 3.05) is 26.3 Å². The van der Waals surface area contributed by atoms with E-state index in [-0.39, 0.29) is 17.0 Å². The quantitative estimate of drug-likeness (QED) is 0.623. The Labute approximate surface area is 176 Å². The molecule has 150 valence electrons. The summed E-state index contributed by atoms with van der Waals surface area (Å²) in [4.78, 5) is 32.0. The Hall–Kier alpha value is -3.54. The minimum atomic E-state index is -0.389. The molecule has 8 heteroatoms. The Morgan fingerprint density at radius 3 is 2.60 bits per heavy atom. The first-order valence-corrected chi connectivity index (χ1v) is 10.2. The highest BCUT2D eigenvalue weighted by molar-refractivity contribution is 7.07. The van der Waals surface area contributed by atoms with Crippen LogP contribution in [0.3, 0.4) is 0 Å². The summed E-state index contributed by atoms with van der Waals surface area (Å²) >= 11 is 1.13. The maximum absolute atomic E-state index is 13.3. The molecule has 0 atom stereocenters. The van der Waals surface area contributed by atoms with Crippen LogP contribution in [0.1, 0.15) is 5.56 Å².